The molecule has 2 aromatic rings. The molecular formula is C14H15N3O. The van der Waals surface area contributed by atoms with Gasteiger partial charge in [0.05, 0.1) is 18.4 Å². The number of carbonyl (C=O) groups excluding carboxylic acids is 1. The quantitative estimate of drug-likeness (QED) is 0.769. The van der Waals surface area contributed by atoms with Crippen LogP contribution in [-0.2, 0) is 11.3 Å². The molecule has 18 heavy (non-hydrogen) atoms. The van der Waals surface area contributed by atoms with Crippen LogP contribution in [0.4, 0.5) is 0 Å². The molecule has 2 aromatic heterocycles. The molecule has 1 saturated heterocycles. The number of pyridine rings is 1. The molecule has 0 aliphatic carbocycles. The van der Waals surface area contributed by atoms with E-state index in [0.29, 0.717) is 13.0 Å². The average molecular weight is 241 g/mol. The van der Waals surface area contributed by atoms with Crippen LogP contribution in [0.3, 0.4) is 0 Å². The van der Waals surface area contributed by atoms with Gasteiger partial charge in [-0.2, -0.15) is 0 Å². The van der Waals surface area contributed by atoms with E-state index in [2.05, 4.69) is 11.6 Å². The fraction of sp³-hybridized carbons (Fsp3) is 0.286. The fourth-order valence-electron chi connectivity index (χ4n) is 2.41. The van der Waals surface area contributed by atoms with Gasteiger partial charge in [0.1, 0.15) is 5.65 Å². The molecule has 0 N–H and O–H groups in total. The van der Waals surface area contributed by atoms with Crippen molar-refractivity contribution < 1.29 is 4.79 Å². The van der Waals surface area contributed by atoms with E-state index >= 15 is 0 Å². The first kappa shape index (κ1) is 11.0. The van der Waals surface area contributed by atoms with Gasteiger partial charge >= 0.3 is 0 Å². The van der Waals surface area contributed by atoms with Gasteiger partial charge in [-0.3, -0.25) is 4.79 Å². The summed E-state index contributed by atoms with van der Waals surface area (Å²) in [7, 11) is 0. The maximum atomic E-state index is 11.9. The van der Waals surface area contributed by atoms with Crippen molar-refractivity contribution >= 4 is 11.6 Å². The van der Waals surface area contributed by atoms with E-state index < -0.39 is 0 Å². The van der Waals surface area contributed by atoms with Crippen LogP contribution in [0.1, 0.15) is 12.1 Å². The van der Waals surface area contributed by atoms with Gasteiger partial charge in [0.15, 0.2) is 0 Å². The molecule has 1 amide bonds. The molecule has 1 atom stereocenters. The second kappa shape index (κ2) is 4.29. The summed E-state index contributed by atoms with van der Waals surface area (Å²) >= 11 is 0. The normalized spacial score (nSPS) is 19.7. The van der Waals surface area contributed by atoms with Gasteiger partial charge in [-0.1, -0.05) is 12.1 Å². The largest absolute Gasteiger partial charge is 0.336 e. The van der Waals surface area contributed by atoms with Gasteiger partial charge in [-0.15, -0.1) is 6.58 Å². The van der Waals surface area contributed by atoms with E-state index in [0.717, 1.165) is 17.9 Å². The number of imidazole rings is 1. The SMILES string of the molecule is C=CC1CC(=O)N(Cc2cnc3ccccn23)C1. The molecule has 0 saturated carbocycles. The Labute approximate surface area is 106 Å². The van der Waals surface area contributed by atoms with Crippen molar-refractivity contribution in [3.8, 4) is 0 Å². The summed E-state index contributed by atoms with van der Waals surface area (Å²) in [6.07, 6.45) is 6.26. The Morgan fingerprint density at radius 2 is 2.39 bits per heavy atom. The van der Waals surface area contributed by atoms with Crippen molar-refractivity contribution in [1.29, 1.82) is 0 Å². The third-order valence-electron chi connectivity index (χ3n) is 3.42. The number of nitrogens with zero attached hydrogens (tertiary/aromatic N) is 3. The molecule has 4 heteroatoms. The Balaban J connectivity index is 1.85. The van der Waals surface area contributed by atoms with Gasteiger partial charge < -0.3 is 9.30 Å². The van der Waals surface area contributed by atoms with Crippen LogP contribution in [0.15, 0.2) is 43.2 Å². The van der Waals surface area contributed by atoms with E-state index in [9.17, 15) is 4.79 Å². The maximum absolute atomic E-state index is 11.9. The lowest BCUT2D eigenvalue weighted by Crippen LogP contribution is -2.25. The maximum Gasteiger partial charge on any atom is 0.223 e. The number of rotatable bonds is 3. The van der Waals surface area contributed by atoms with Crippen LogP contribution in [0.2, 0.25) is 0 Å². The van der Waals surface area contributed by atoms with Crippen LogP contribution in [0, 0.1) is 5.92 Å². The van der Waals surface area contributed by atoms with E-state index in [4.69, 9.17) is 0 Å². The summed E-state index contributed by atoms with van der Waals surface area (Å²) in [5.41, 5.74) is 1.96. The number of fused-ring (bicyclic) bond motifs is 1. The molecule has 4 nitrogen and oxygen atoms in total. The molecule has 1 aliphatic heterocycles. The first-order valence-electron chi connectivity index (χ1n) is 6.09. The van der Waals surface area contributed by atoms with Crippen molar-refractivity contribution in [2.45, 2.75) is 13.0 Å². The van der Waals surface area contributed by atoms with E-state index in [1.165, 1.54) is 0 Å². The predicted octanol–water partition coefficient (Wildman–Crippen LogP) is 1.87. The zero-order chi connectivity index (χ0) is 12.5. The minimum atomic E-state index is 0.200. The highest BCUT2D eigenvalue weighted by molar-refractivity contribution is 5.78. The second-order valence-electron chi connectivity index (χ2n) is 4.65. The first-order valence-corrected chi connectivity index (χ1v) is 6.09. The van der Waals surface area contributed by atoms with Crippen LogP contribution in [0.5, 0.6) is 0 Å². The number of amides is 1. The molecule has 3 rings (SSSR count). The smallest absolute Gasteiger partial charge is 0.223 e. The molecule has 0 aromatic carbocycles. The van der Waals surface area contributed by atoms with Crippen LogP contribution in [-0.4, -0.2) is 26.7 Å². The van der Waals surface area contributed by atoms with Crippen LogP contribution >= 0.6 is 0 Å². The van der Waals surface area contributed by atoms with E-state index in [1.807, 2.05) is 46.0 Å². The van der Waals surface area contributed by atoms with Gasteiger partial charge in [-0.05, 0) is 12.1 Å². The lowest BCUT2D eigenvalue weighted by molar-refractivity contribution is -0.128. The van der Waals surface area contributed by atoms with Crippen molar-refractivity contribution in [2.75, 3.05) is 6.54 Å². The minimum absolute atomic E-state index is 0.200. The summed E-state index contributed by atoms with van der Waals surface area (Å²) in [5, 5.41) is 0. The highest BCUT2D eigenvalue weighted by Crippen LogP contribution is 2.21. The van der Waals surface area contributed by atoms with Gasteiger partial charge in [0.2, 0.25) is 5.91 Å². The summed E-state index contributed by atoms with van der Waals surface area (Å²) in [4.78, 5) is 18.1. The molecule has 92 valence electrons. The van der Waals surface area contributed by atoms with E-state index in [1.54, 1.807) is 0 Å². The Hall–Kier alpha value is -2.10. The molecule has 1 unspecified atom stereocenters. The average Bonchev–Trinajstić information content (AvgIpc) is 2.95. The summed E-state index contributed by atoms with van der Waals surface area (Å²) in [5.74, 6) is 0.488. The van der Waals surface area contributed by atoms with Gasteiger partial charge in [0.25, 0.3) is 0 Å². The standard InChI is InChI=1S/C14H15N3O/c1-2-11-7-14(18)16(9-11)10-12-8-15-13-5-3-4-6-17(12)13/h2-6,8,11H,1,7,9-10H2. The summed E-state index contributed by atoms with van der Waals surface area (Å²) in [6.45, 7) is 5.15. The van der Waals surface area contributed by atoms with Crippen molar-refractivity contribution in [1.82, 2.24) is 14.3 Å². The number of aromatic nitrogens is 2. The van der Waals surface area contributed by atoms with Crippen LogP contribution < -0.4 is 0 Å². The molecule has 0 radical (unpaired) electrons. The van der Waals surface area contributed by atoms with Gasteiger partial charge in [0, 0.05) is 25.1 Å². The molecular weight excluding hydrogens is 226 g/mol. The zero-order valence-electron chi connectivity index (χ0n) is 10.1. The monoisotopic (exact) mass is 241 g/mol. The molecule has 1 fully saturated rings. The fourth-order valence-corrected chi connectivity index (χ4v) is 2.41. The Kier molecular flexibility index (Phi) is 2.63. The third kappa shape index (κ3) is 1.79. The second-order valence-corrected chi connectivity index (χ2v) is 4.65. The predicted molar refractivity (Wildman–Crippen MR) is 68.9 cm³/mol. The molecule has 0 bridgehead atoms. The highest BCUT2D eigenvalue weighted by Gasteiger charge is 2.27. The third-order valence-corrected chi connectivity index (χ3v) is 3.42. The Morgan fingerprint density at radius 3 is 3.17 bits per heavy atom. The van der Waals surface area contributed by atoms with E-state index in [-0.39, 0.29) is 11.8 Å². The van der Waals surface area contributed by atoms with Gasteiger partial charge in [-0.25, -0.2) is 4.98 Å². The highest BCUT2D eigenvalue weighted by atomic mass is 16.2. The first-order chi connectivity index (χ1) is 8.78. The number of hydrogen-bond donors (Lipinski definition) is 0. The summed E-state index contributed by atoms with van der Waals surface area (Å²) in [6, 6.07) is 5.89. The number of likely N-dealkylation sites (tertiary alicyclic amines) is 1. The molecule has 0 spiro atoms. The van der Waals surface area contributed by atoms with Crippen LogP contribution in [0.25, 0.3) is 5.65 Å². The Bertz CT molecular complexity index is 602. The Morgan fingerprint density at radius 1 is 1.50 bits per heavy atom. The minimum Gasteiger partial charge on any atom is -0.336 e. The zero-order valence-corrected chi connectivity index (χ0v) is 10.1. The topological polar surface area (TPSA) is 37.6 Å². The number of hydrogen-bond acceptors (Lipinski definition) is 2. The lowest BCUT2D eigenvalue weighted by Gasteiger charge is -2.15. The summed E-state index contributed by atoms with van der Waals surface area (Å²) < 4.78 is 2.02. The molecule has 1 aliphatic rings. The van der Waals surface area contributed by atoms with Crippen molar-refractivity contribution in [2.24, 2.45) is 5.92 Å². The molecule has 3 heterocycles. The van der Waals surface area contributed by atoms with Crippen molar-refractivity contribution in [3.63, 3.8) is 0 Å². The number of carbonyl (C=O) groups is 1. The lowest BCUT2D eigenvalue weighted by atomic mass is 10.1. The van der Waals surface area contributed by atoms with Crippen molar-refractivity contribution in [3.05, 3.63) is 48.9 Å².